The molecule has 312 valence electrons. The third kappa shape index (κ3) is 5.82. The van der Waals surface area contributed by atoms with Gasteiger partial charge in [-0.25, -0.2) is 0 Å². The molecule has 0 aliphatic heterocycles. The van der Waals surface area contributed by atoms with Crippen LogP contribution < -0.4 is 4.90 Å². The second-order valence-electron chi connectivity index (χ2n) is 21.7. The molecular weight excluding hydrogens is 751 g/mol. The molecule has 0 amide bonds. The molecule has 2 aliphatic rings. The maximum Gasteiger partial charge on any atom is 0.159 e. The Morgan fingerprint density at radius 2 is 1.08 bits per heavy atom. The van der Waals surface area contributed by atoms with E-state index in [1.165, 1.54) is 94.7 Å². The lowest BCUT2D eigenvalue weighted by atomic mass is 9.79. The SMILES string of the molecule is Cc1cc(C)c(-c2cc(N(c3ccc4c(c3)C(C)(C)c3cccc(C(C)(C)C)c3-4)c3cc4c(cc3C)-c3ccccc3C4(C)C)c3oc4c(C(C)(C)C)cccc4c3c2)c(C)c1. The van der Waals surface area contributed by atoms with Crippen molar-refractivity contribution in [1.29, 1.82) is 0 Å². The maximum atomic E-state index is 7.36. The molecule has 0 saturated carbocycles. The Hall–Kier alpha value is -5.86. The number of para-hydroxylation sites is 1. The van der Waals surface area contributed by atoms with Crippen molar-refractivity contribution < 1.29 is 4.42 Å². The molecule has 1 heterocycles. The molecule has 0 bridgehead atoms. The molecule has 0 N–H and O–H groups in total. The second-order valence-corrected chi connectivity index (χ2v) is 21.7. The lowest BCUT2D eigenvalue weighted by Gasteiger charge is -2.31. The summed E-state index contributed by atoms with van der Waals surface area (Å²) in [7, 11) is 0. The number of aryl methyl sites for hydroxylation is 4. The lowest BCUT2D eigenvalue weighted by Crippen LogP contribution is -2.19. The highest BCUT2D eigenvalue weighted by molar-refractivity contribution is 6.13. The summed E-state index contributed by atoms with van der Waals surface area (Å²) in [5.41, 5.74) is 25.8. The van der Waals surface area contributed by atoms with Crippen molar-refractivity contribution in [3.63, 3.8) is 0 Å². The van der Waals surface area contributed by atoms with Crippen LogP contribution in [0.1, 0.15) is 125 Å². The van der Waals surface area contributed by atoms with Gasteiger partial charge in [-0.05, 0) is 153 Å². The van der Waals surface area contributed by atoms with E-state index in [2.05, 4.69) is 217 Å². The second kappa shape index (κ2) is 13.3. The molecule has 0 saturated heterocycles. The van der Waals surface area contributed by atoms with Crippen molar-refractivity contribution in [3.05, 3.63) is 171 Å². The molecule has 2 nitrogen and oxygen atoms in total. The zero-order valence-corrected chi connectivity index (χ0v) is 39.3. The summed E-state index contributed by atoms with van der Waals surface area (Å²) in [6, 6.07) is 44.3. The van der Waals surface area contributed by atoms with Gasteiger partial charge in [-0.2, -0.15) is 0 Å². The van der Waals surface area contributed by atoms with E-state index in [0.29, 0.717) is 0 Å². The van der Waals surface area contributed by atoms with Gasteiger partial charge in [-0.1, -0.05) is 154 Å². The van der Waals surface area contributed by atoms with Gasteiger partial charge in [0.1, 0.15) is 5.58 Å². The minimum absolute atomic E-state index is 0.00510. The number of hydrogen-bond donors (Lipinski definition) is 0. The molecule has 62 heavy (non-hydrogen) atoms. The van der Waals surface area contributed by atoms with Crippen molar-refractivity contribution in [1.82, 2.24) is 0 Å². The van der Waals surface area contributed by atoms with Crippen LogP contribution >= 0.6 is 0 Å². The molecule has 10 rings (SSSR count). The summed E-state index contributed by atoms with van der Waals surface area (Å²) >= 11 is 0. The van der Waals surface area contributed by atoms with Gasteiger partial charge in [-0.15, -0.1) is 0 Å². The first-order chi connectivity index (χ1) is 29.2. The van der Waals surface area contributed by atoms with Gasteiger partial charge in [0.2, 0.25) is 0 Å². The molecular formula is C60H61NO. The van der Waals surface area contributed by atoms with Gasteiger partial charge < -0.3 is 9.32 Å². The van der Waals surface area contributed by atoms with Crippen LogP contribution in [-0.4, -0.2) is 0 Å². The first kappa shape index (κ1) is 40.2. The summed E-state index contributed by atoms with van der Waals surface area (Å²) < 4.78 is 7.36. The monoisotopic (exact) mass is 811 g/mol. The highest BCUT2D eigenvalue weighted by Crippen LogP contribution is 2.56. The van der Waals surface area contributed by atoms with Crippen LogP contribution in [0.15, 0.2) is 120 Å². The van der Waals surface area contributed by atoms with E-state index in [9.17, 15) is 0 Å². The van der Waals surface area contributed by atoms with E-state index >= 15 is 0 Å². The fraction of sp³-hybridized carbons (Fsp3) is 0.300. The fourth-order valence-electron chi connectivity index (χ4n) is 11.5. The first-order valence-corrected chi connectivity index (χ1v) is 22.6. The predicted molar refractivity (Wildman–Crippen MR) is 265 cm³/mol. The predicted octanol–water partition coefficient (Wildman–Crippen LogP) is 17.2. The number of furan rings is 1. The number of benzene rings is 7. The van der Waals surface area contributed by atoms with E-state index in [-0.39, 0.29) is 21.7 Å². The van der Waals surface area contributed by atoms with E-state index in [1.54, 1.807) is 0 Å². The topological polar surface area (TPSA) is 16.4 Å². The highest BCUT2D eigenvalue weighted by Gasteiger charge is 2.40. The Morgan fingerprint density at radius 1 is 0.452 bits per heavy atom. The molecule has 2 aliphatic carbocycles. The quantitative estimate of drug-likeness (QED) is 0.176. The van der Waals surface area contributed by atoms with Gasteiger partial charge >= 0.3 is 0 Å². The number of hydrogen-bond acceptors (Lipinski definition) is 2. The molecule has 0 fully saturated rings. The zero-order chi connectivity index (χ0) is 44.0. The van der Waals surface area contributed by atoms with Crippen molar-refractivity contribution in [2.75, 3.05) is 4.90 Å². The molecule has 0 spiro atoms. The van der Waals surface area contributed by atoms with Crippen molar-refractivity contribution in [2.24, 2.45) is 0 Å². The summed E-state index contributed by atoms with van der Waals surface area (Å²) in [5, 5.41) is 2.29. The Balaban J connectivity index is 1.33. The molecule has 8 aromatic rings. The fourth-order valence-corrected chi connectivity index (χ4v) is 11.5. The summed E-state index contributed by atoms with van der Waals surface area (Å²) in [5.74, 6) is 0. The molecule has 7 aromatic carbocycles. The average molecular weight is 812 g/mol. The van der Waals surface area contributed by atoms with Gasteiger partial charge in [0.05, 0.1) is 5.69 Å². The molecule has 2 heteroatoms. The van der Waals surface area contributed by atoms with Crippen LogP contribution in [0.3, 0.4) is 0 Å². The van der Waals surface area contributed by atoms with Crippen molar-refractivity contribution in [3.8, 4) is 33.4 Å². The normalized spacial score (nSPS) is 14.9. The van der Waals surface area contributed by atoms with Crippen molar-refractivity contribution in [2.45, 2.75) is 119 Å². The average Bonchev–Trinajstić information content (AvgIpc) is 3.76. The molecule has 0 radical (unpaired) electrons. The van der Waals surface area contributed by atoms with E-state index in [4.69, 9.17) is 4.42 Å². The Kier molecular flexibility index (Phi) is 8.64. The minimum atomic E-state index is -0.196. The third-order valence-corrected chi connectivity index (χ3v) is 14.5. The number of fused-ring (bicyclic) bond motifs is 9. The zero-order valence-electron chi connectivity index (χ0n) is 39.3. The number of nitrogens with zero attached hydrogens (tertiary/aromatic N) is 1. The lowest BCUT2D eigenvalue weighted by molar-refractivity contribution is 0.573. The van der Waals surface area contributed by atoms with Crippen LogP contribution in [0.5, 0.6) is 0 Å². The molecule has 0 atom stereocenters. The van der Waals surface area contributed by atoms with Crippen LogP contribution in [0.4, 0.5) is 17.1 Å². The van der Waals surface area contributed by atoms with Crippen LogP contribution in [0, 0.1) is 27.7 Å². The number of anilines is 3. The standard InChI is InChI=1S/C60H61NO/c1-34-27-36(3)53(37(4)28-34)38-30-44-41-20-17-24-48(58(8,9)10)55(41)62-56(44)52(31-38)61(51-33-50-43(29-35(51)2)40-19-15-16-21-45(40)59(50,11)12)39-25-26-42-49(32-39)60(13,14)47-23-18-22-46(54(42)47)57(5,6)7/h15-33H,1-14H3. The van der Waals surface area contributed by atoms with Gasteiger partial charge in [0, 0.05) is 38.5 Å². The van der Waals surface area contributed by atoms with Gasteiger partial charge in [0.25, 0.3) is 0 Å². The van der Waals surface area contributed by atoms with Crippen LogP contribution in [0.25, 0.3) is 55.3 Å². The Bertz CT molecular complexity index is 3160. The maximum absolute atomic E-state index is 7.36. The highest BCUT2D eigenvalue weighted by atomic mass is 16.3. The Labute approximate surface area is 369 Å². The van der Waals surface area contributed by atoms with Crippen molar-refractivity contribution >= 4 is 39.0 Å². The smallest absolute Gasteiger partial charge is 0.159 e. The number of rotatable bonds is 4. The molecule has 1 aromatic heterocycles. The largest absolute Gasteiger partial charge is 0.454 e. The van der Waals surface area contributed by atoms with E-state index in [0.717, 1.165) is 33.3 Å². The Morgan fingerprint density at radius 3 is 1.79 bits per heavy atom. The summed E-state index contributed by atoms with van der Waals surface area (Å²) in [6.07, 6.45) is 0. The van der Waals surface area contributed by atoms with Gasteiger partial charge in [0.15, 0.2) is 5.58 Å². The van der Waals surface area contributed by atoms with E-state index < -0.39 is 0 Å². The third-order valence-electron chi connectivity index (χ3n) is 14.5. The summed E-state index contributed by atoms with van der Waals surface area (Å²) in [6.45, 7) is 32.5. The van der Waals surface area contributed by atoms with Crippen LogP contribution in [-0.2, 0) is 21.7 Å². The summed E-state index contributed by atoms with van der Waals surface area (Å²) in [4.78, 5) is 2.54. The van der Waals surface area contributed by atoms with E-state index in [1.807, 2.05) is 0 Å². The van der Waals surface area contributed by atoms with Gasteiger partial charge in [-0.3, -0.25) is 0 Å². The minimum Gasteiger partial charge on any atom is -0.454 e. The van der Waals surface area contributed by atoms with Crippen LogP contribution in [0.2, 0.25) is 0 Å². The molecule has 0 unspecified atom stereocenters. The first-order valence-electron chi connectivity index (χ1n) is 22.6.